The Morgan fingerprint density at radius 1 is 0.917 bits per heavy atom. The van der Waals surface area contributed by atoms with E-state index in [4.69, 9.17) is 0 Å². The average molecular weight is 488 g/mol. The van der Waals surface area contributed by atoms with Crippen LogP contribution in [-0.2, 0) is 4.79 Å². The van der Waals surface area contributed by atoms with Gasteiger partial charge in [0.05, 0.1) is 17.2 Å². The maximum Gasteiger partial charge on any atom is 0.256 e. The summed E-state index contributed by atoms with van der Waals surface area (Å²) in [5.41, 5.74) is 2.98. The first kappa shape index (κ1) is 23.9. The van der Waals surface area contributed by atoms with E-state index >= 15 is 0 Å². The summed E-state index contributed by atoms with van der Waals surface area (Å²) in [5.74, 6) is 0.343. The number of rotatable bonds is 5. The van der Waals surface area contributed by atoms with Gasteiger partial charge in [0.15, 0.2) is 5.82 Å². The Kier molecular flexibility index (Phi) is 6.93. The molecule has 1 N–H and O–H groups in total. The number of nitrogens with zero attached hydrogens (tertiary/aromatic N) is 4. The highest BCUT2D eigenvalue weighted by Gasteiger charge is 2.30. The molecule has 0 aliphatic carbocycles. The van der Waals surface area contributed by atoms with Crippen LogP contribution in [0.15, 0.2) is 60.7 Å². The first-order valence-corrected chi connectivity index (χ1v) is 12.5. The molecule has 1 aromatic heterocycles. The number of carbonyl (C=O) groups excluding carboxylic acids is 2. The van der Waals surface area contributed by atoms with Crippen molar-refractivity contribution in [2.45, 2.75) is 32.1 Å². The molecular formula is C28H30FN5O2. The Balaban J connectivity index is 1.12. The second-order valence-corrected chi connectivity index (χ2v) is 9.62. The van der Waals surface area contributed by atoms with Gasteiger partial charge in [0.2, 0.25) is 5.91 Å². The van der Waals surface area contributed by atoms with Crippen LogP contribution in [0.25, 0.3) is 0 Å². The molecule has 2 saturated heterocycles. The SMILES string of the molecule is Cc1ccc(N2CCC(C(=O)Nc3ccc(C4CCN(C(=O)c5ccccc5F)CC4)cc3)C2)nn1. The highest BCUT2D eigenvalue weighted by atomic mass is 19.1. The van der Waals surface area contributed by atoms with Crippen molar-refractivity contribution in [2.75, 3.05) is 36.4 Å². The summed E-state index contributed by atoms with van der Waals surface area (Å²) in [4.78, 5) is 29.3. The number of amides is 2. The quantitative estimate of drug-likeness (QED) is 0.577. The number of aryl methyl sites for hydroxylation is 1. The molecule has 0 radical (unpaired) electrons. The smallest absolute Gasteiger partial charge is 0.256 e. The van der Waals surface area contributed by atoms with E-state index in [-0.39, 0.29) is 23.3 Å². The Labute approximate surface area is 210 Å². The molecule has 2 aliphatic rings. The van der Waals surface area contributed by atoms with E-state index in [9.17, 15) is 14.0 Å². The zero-order chi connectivity index (χ0) is 25.1. The topological polar surface area (TPSA) is 78.4 Å². The fourth-order valence-corrected chi connectivity index (χ4v) is 5.05. The van der Waals surface area contributed by atoms with Gasteiger partial charge in [0, 0.05) is 31.9 Å². The normalized spacial score (nSPS) is 18.3. The first-order chi connectivity index (χ1) is 17.5. The van der Waals surface area contributed by atoms with Crippen molar-refractivity contribution in [1.82, 2.24) is 15.1 Å². The number of piperidine rings is 1. The number of carbonyl (C=O) groups is 2. The lowest BCUT2D eigenvalue weighted by Gasteiger charge is -2.32. The van der Waals surface area contributed by atoms with Crippen LogP contribution in [0, 0.1) is 18.7 Å². The molecule has 186 valence electrons. The number of likely N-dealkylation sites (tertiary alicyclic amines) is 1. The number of anilines is 2. The van der Waals surface area contributed by atoms with Crippen LogP contribution in [0.5, 0.6) is 0 Å². The molecule has 0 spiro atoms. The number of hydrogen-bond acceptors (Lipinski definition) is 5. The largest absolute Gasteiger partial charge is 0.354 e. The van der Waals surface area contributed by atoms with E-state index in [0.717, 1.165) is 43.0 Å². The van der Waals surface area contributed by atoms with E-state index < -0.39 is 5.82 Å². The summed E-state index contributed by atoms with van der Waals surface area (Å²) in [6.07, 6.45) is 2.43. The summed E-state index contributed by atoms with van der Waals surface area (Å²) in [6.45, 7) is 4.51. The molecule has 36 heavy (non-hydrogen) atoms. The molecule has 2 fully saturated rings. The number of nitrogens with one attached hydrogen (secondary N) is 1. The van der Waals surface area contributed by atoms with Crippen LogP contribution in [0.1, 0.15) is 46.8 Å². The van der Waals surface area contributed by atoms with Gasteiger partial charge in [-0.25, -0.2) is 4.39 Å². The molecule has 2 amide bonds. The molecule has 2 aromatic carbocycles. The summed E-state index contributed by atoms with van der Waals surface area (Å²) < 4.78 is 14.0. The highest BCUT2D eigenvalue weighted by Crippen LogP contribution is 2.30. The minimum Gasteiger partial charge on any atom is -0.354 e. The predicted molar refractivity (Wildman–Crippen MR) is 136 cm³/mol. The van der Waals surface area contributed by atoms with Crippen LogP contribution in [-0.4, -0.2) is 53.1 Å². The van der Waals surface area contributed by atoms with Gasteiger partial charge in [-0.1, -0.05) is 24.3 Å². The van der Waals surface area contributed by atoms with E-state index in [0.29, 0.717) is 25.6 Å². The van der Waals surface area contributed by atoms with Gasteiger partial charge in [0.25, 0.3) is 5.91 Å². The van der Waals surface area contributed by atoms with Crippen LogP contribution in [0.4, 0.5) is 15.9 Å². The zero-order valence-electron chi connectivity index (χ0n) is 20.4. The van der Waals surface area contributed by atoms with Crippen LogP contribution < -0.4 is 10.2 Å². The molecule has 1 unspecified atom stereocenters. The lowest BCUT2D eigenvalue weighted by atomic mass is 9.89. The Morgan fingerprint density at radius 3 is 2.36 bits per heavy atom. The third kappa shape index (κ3) is 5.22. The maximum absolute atomic E-state index is 14.0. The summed E-state index contributed by atoms with van der Waals surface area (Å²) in [7, 11) is 0. The molecule has 3 heterocycles. The fourth-order valence-electron chi connectivity index (χ4n) is 5.05. The van der Waals surface area contributed by atoms with E-state index in [1.54, 1.807) is 17.0 Å². The highest BCUT2D eigenvalue weighted by molar-refractivity contribution is 5.94. The van der Waals surface area contributed by atoms with E-state index in [1.807, 2.05) is 31.2 Å². The van der Waals surface area contributed by atoms with Crippen LogP contribution in [0.2, 0.25) is 0 Å². The molecule has 8 heteroatoms. The molecular weight excluding hydrogens is 457 g/mol. The minimum atomic E-state index is -0.476. The van der Waals surface area contributed by atoms with E-state index in [1.165, 1.54) is 17.7 Å². The molecule has 2 aliphatic heterocycles. The zero-order valence-corrected chi connectivity index (χ0v) is 20.4. The summed E-state index contributed by atoms with van der Waals surface area (Å²) in [6, 6.07) is 18.0. The second kappa shape index (κ2) is 10.4. The van der Waals surface area contributed by atoms with Crippen LogP contribution >= 0.6 is 0 Å². The number of halogens is 1. The Hall–Kier alpha value is -3.81. The van der Waals surface area contributed by atoms with Crippen molar-refractivity contribution < 1.29 is 14.0 Å². The fraction of sp³-hybridized carbons (Fsp3) is 0.357. The van der Waals surface area contributed by atoms with Crippen molar-refractivity contribution in [1.29, 1.82) is 0 Å². The predicted octanol–water partition coefficient (Wildman–Crippen LogP) is 4.41. The van der Waals surface area contributed by atoms with Gasteiger partial charge < -0.3 is 15.1 Å². The number of benzene rings is 2. The molecule has 0 saturated carbocycles. The Bertz CT molecular complexity index is 1220. The van der Waals surface area contributed by atoms with Crippen LogP contribution in [0.3, 0.4) is 0 Å². The molecule has 5 rings (SSSR count). The number of hydrogen-bond donors (Lipinski definition) is 1. The third-order valence-corrected chi connectivity index (χ3v) is 7.20. The van der Waals surface area contributed by atoms with Crippen molar-refractivity contribution in [3.8, 4) is 0 Å². The average Bonchev–Trinajstić information content (AvgIpc) is 3.40. The molecule has 3 aromatic rings. The van der Waals surface area contributed by atoms with Gasteiger partial charge in [0.1, 0.15) is 5.82 Å². The summed E-state index contributed by atoms with van der Waals surface area (Å²) >= 11 is 0. The van der Waals surface area contributed by atoms with Crippen molar-refractivity contribution in [3.63, 3.8) is 0 Å². The van der Waals surface area contributed by atoms with Crippen molar-refractivity contribution in [2.24, 2.45) is 5.92 Å². The second-order valence-electron chi connectivity index (χ2n) is 9.62. The van der Waals surface area contributed by atoms with Gasteiger partial charge in [-0.15, -0.1) is 5.10 Å². The molecule has 1 atom stereocenters. The molecule has 7 nitrogen and oxygen atoms in total. The lowest BCUT2D eigenvalue weighted by Crippen LogP contribution is -2.38. The maximum atomic E-state index is 14.0. The lowest BCUT2D eigenvalue weighted by molar-refractivity contribution is -0.119. The van der Waals surface area contributed by atoms with Gasteiger partial charge >= 0.3 is 0 Å². The van der Waals surface area contributed by atoms with Crippen molar-refractivity contribution in [3.05, 3.63) is 83.3 Å². The minimum absolute atomic E-state index is 0.0188. The van der Waals surface area contributed by atoms with Gasteiger partial charge in [-0.3, -0.25) is 9.59 Å². The van der Waals surface area contributed by atoms with Crippen molar-refractivity contribution >= 4 is 23.3 Å². The number of aromatic nitrogens is 2. The monoisotopic (exact) mass is 487 g/mol. The third-order valence-electron chi connectivity index (χ3n) is 7.20. The molecule has 0 bridgehead atoms. The Morgan fingerprint density at radius 2 is 1.67 bits per heavy atom. The standard InChI is InChI=1S/C28H30FN5O2/c1-19-6-11-26(32-31-19)34-17-14-22(18-34)27(35)30-23-9-7-20(8-10-23)21-12-15-33(16-13-21)28(36)24-4-2-3-5-25(24)29/h2-11,21-22H,12-18H2,1H3,(H,30,35). The van der Waals surface area contributed by atoms with Gasteiger partial charge in [-0.05, 0) is 74.1 Å². The van der Waals surface area contributed by atoms with E-state index in [2.05, 4.69) is 32.5 Å². The van der Waals surface area contributed by atoms with Gasteiger partial charge in [-0.2, -0.15) is 5.10 Å². The summed E-state index contributed by atoms with van der Waals surface area (Å²) in [5, 5.41) is 11.4. The first-order valence-electron chi connectivity index (χ1n) is 12.5.